The summed E-state index contributed by atoms with van der Waals surface area (Å²) in [6, 6.07) is 8.88. The molecule has 2 heterocycles. The molecule has 0 spiro atoms. The van der Waals surface area contributed by atoms with Crippen molar-refractivity contribution in [1.82, 2.24) is 10.3 Å². The Morgan fingerprint density at radius 1 is 1.26 bits per heavy atom. The number of nitrogens with one attached hydrogen (secondary N) is 2. The number of carboxylic acid groups (broad SMARTS) is 1. The fraction of sp³-hybridized carbons (Fsp3) is 0.318. The number of hydrogen-bond acceptors (Lipinski definition) is 6. The second-order valence-electron chi connectivity index (χ2n) is 7.70. The first-order chi connectivity index (χ1) is 14.8. The number of nitro groups is 1. The zero-order valence-corrected chi connectivity index (χ0v) is 17.4. The van der Waals surface area contributed by atoms with Gasteiger partial charge >= 0.3 is 11.7 Å². The molecule has 9 nitrogen and oxygen atoms in total. The molecule has 0 amide bonds. The molecule has 0 aliphatic carbocycles. The molecule has 1 aliphatic heterocycles. The number of aryl methyl sites for hydroxylation is 1. The highest BCUT2D eigenvalue weighted by Crippen LogP contribution is 2.41. The number of H-pyrrole nitrogens is 1. The number of fused-ring (bicyclic) bond motifs is 3. The number of hydrogen-bond donors (Lipinski definition) is 3. The molecule has 0 bridgehead atoms. The number of aliphatic carboxylic acids is 1. The van der Waals surface area contributed by atoms with Crippen molar-refractivity contribution in [3.63, 3.8) is 0 Å². The molecule has 9 heteroatoms. The lowest BCUT2D eigenvalue weighted by atomic mass is 9.81. The van der Waals surface area contributed by atoms with Gasteiger partial charge in [0.15, 0.2) is 11.3 Å². The van der Waals surface area contributed by atoms with Crippen molar-refractivity contribution in [2.75, 3.05) is 20.8 Å². The maximum atomic E-state index is 12.6. The van der Waals surface area contributed by atoms with Gasteiger partial charge in [-0.3, -0.25) is 15.4 Å². The standard InChI is InChI=1S/C22H23N3O6/c1-12-4-5-16-15(8-12)14-6-7-23-22(21(26)27,20(14)24-16)11-13-9-17(25(28)29)19(31-3)18(10-13)30-2/h4-5,8-10,23-24H,6-7,11H2,1-3H3,(H,26,27). The smallest absolute Gasteiger partial charge is 0.330 e. The number of rotatable bonds is 6. The van der Waals surface area contributed by atoms with Gasteiger partial charge in [0.1, 0.15) is 0 Å². The first-order valence-electron chi connectivity index (χ1n) is 9.80. The molecule has 3 N–H and O–H groups in total. The summed E-state index contributed by atoms with van der Waals surface area (Å²) in [5.74, 6) is -0.885. The molecular weight excluding hydrogens is 402 g/mol. The van der Waals surface area contributed by atoms with Crippen LogP contribution in [0.15, 0.2) is 30.3 Å². The number of nitro benzene ring substituents is 1. The summed E-state index contributed by atoms with van der Waals surface area (Å²) in [6.07, 6.45) is 0.669. The summed E-state index contributed by atoms with van der Waals surface area (Å²) in [5, 5.41) is 26.1. The summed E-state index contributed by atoms with van der Waals surface area (Å²) < 4.78 is 10.4. The minimum Gasteiger partial charge on any atom is -0.493 e. The van der Waals surface area contributed by atoms with Crippen LogP contribution in [-0.4, -0.2) is 41.7 Å². The summed E-state index contributed by atoms with van der Waals surface area (Å²) in [5.41, 5.74) is 2.18. The Hall–Kier alpha value is -3.59. The molecule has 1 atom stereocenters. The highest BCUT2D eigenvalue weighted by molar-refractivity contribution is 5.90. The van der Waals surface area contributed by atoms with E-state index in [0.29, 0.717) is 24.2 Å². The number of benzene rings is 2. The van der Waals surface area contributed by atoms with Crippen molar-refractivity contribution in [2.45, 2.75) is 25.3 Å². The molecule has 0 saturated carbocycles. The quantitative estimate of drug-likeness (QED) is 0.409. The topological polar surface area (TPSA) is 127 Å². The zero-order chi connectivity index (χ0) is 22.3. The van der Waals surface area contributed by atoms with Crippen LogP contribution in [0.1, 0.15) is 22.4 Å². The minimum absolute atomic E-state index is 0.000922. The summed E-state index contributed by atoms with van der Waals surface area (Å²) in [6.45, 7) is 2.46. The Kier molecular flexibility index (Phi) is 5.06. The van der Waals surface area contributed by atoms with Gasteiger partial charge < -0.3 is 19.6 Å². The second kappa shape index (κ2) is 7.59. The molecule has 1 aromatic heterocycles. The van der Waals surface area contributed by atoms with Gasteiger partial charge in [-0.25, -0.2) is 4.79 Å². The van der Waals surface area contributed by atoms with Crippen molar-refractivity contribution < 1.29 is 24.3 Å². The third kappa shape index (κ3) is 3.27. The van der Waals surface area contributed by atoms with Crippen molar-refractivity contribution in [2.24, 2.45) is 0 Å². The maximum absolute atomic E-state index is 12.6. The fourth-order valence-corrected chi connectivity index (χ4v) is 4.43. The number of nitrogens with zero attached hydrogens (tertiary/aromatic N) is 1. The summed E-state index contributed by atoms with van der Waals surface area (Å²) >= 11 is 0. The van der Waals surface area contributed by atoms with Gasteiger partial charge in [-0.05, 0) is 42.7 Å². The predicted molar refractivity (Wildman–Crippen MR) is 114 cm³/mol. The normalized spacial score (nSPS) is 17.9. The number of aromatic amines is 1. The van der Waals surface area contributed by atoms with E-state index in [0.717, 1.165) is 22.0 Å². The highest BCUT2D eigenvalue weighted by atomic mass is 16.6. The van der Waals surface area contributed by atoms with Crippen molar-refractivity contribution in [1.29, 1.82) is 0 Å². The van der Waals surface area contributed by atoms with Crippen LogP contribution in [0.3, 0.4) is 0 Å². The number of carboxylic acids is 1. The van der Waals surface area contributed by atoms with Crippen LogP contribution >= 0.6 is 0 Å². The molecule has 162 valence electrons. The number of aromatic nitrogens is 1. The van der Waals surface area contributed by atoms with Gasteiger partial charge in [0.2, 0.25) is 5.75 Å². The van der Waals surface area contributed by atoms with E-state index >= 15 is 0 Å². The Labute approximate surface area is 178 Å². The third-order valence-corrected chi connectivity index (χ3v) is 5.84. The van der Waals surface area contributed by atoms with Gasteiger partial charge in [-0.2, -0.15) is 0 Å². The van der Waals surface area contributed by atoms with E-state index in [1.54, 1.807) is 6.07 Å². The fourth-order valence-electron chi connectivity index (χ4n) is 4.43. The van der Waals surface area contributed by atoms with Gasteiger partial charge in [-0.15, -0.1) is 0 Å². The number of carbonyl (C=O) groups is 1. The molecule has 2 aromatic carbocycles. The molecular formula is C22H23N3O6. The van der Waals surface area contributed by atoms with E-state index in [-0.39, 0.29) is 23.6 Å². The van der Waals surface area contributed by atoms with Crippen LogP contribution in [-0.2, 0) is 23.2 Å². The average molecular weight is 425 g/mol. The molecule has 4 rings (SSSR count). The second-order valence-corrected chi connectivity index (χ2v) is 7.70. The monoisotopic (exact) mass is 425 g/mol. The van der Waals surface area contributed by atoms with Crippen LogP contribution < -0.4 is 14.8 Å². The van der Waals surface area contributed by atoms with E-state index in [1.165, 1.54) is 20.3 Å². The van der Waals surface area contributed by atoms with Crippen molar-refractivity contribution in [3.05, 3.63) is 62.8 Å². The van der Waals surface area contributed by atoms with Gasteiger partial charge in [-0.1, -0.05) is 11.6 Å². The lowest BCUT2D eigenvalue weighted by Gasteiger charge is -2.35. The lowest BCUT2D eigenvalue weighted by molar-refractivity contribution is -0.385. The number of ether oxygens (including phenoxy) is 2. The highest BCUT2D eigenvalue weighted by Gasteiger charge is 2.46. The maximum Gasteiger partial charge on any atom is 0.330 e. The molecule has 0 saturated heterocycles. The summed E-state index contributed by atoms with van der Waals surface area (Å²) in [4.78, 5) is 26.9. The third-order valence-electron chi connectivity index (χ3n) is 5.84. The molecule has 1 unspecified atom stereocenters. The van der Waals surface area contributed by atoms with Crippen LogP contribution in [0.5, 0.6) is 11.5 Å². The largest absolute Gasteiger partial charge is 0.493 e. The average Bonchev–Trinajstić information content (AvgIpc) is 3.12. The van der Waals surface area contributed by atoms with Crippen LogP contribution in [0, 0.1) is 17.0 Å². The van der Waals surface area contributed by atoms with E-state index < -0.39 is 16.4 Å². The molecule has 3 aromatic rings. The molecule has 31 heavy (non-hydrogen) atoms. The van der Waals surface area contributed by atoms with Gasteiger partial charge in [0.25, 0.3) is 0 Å². The van der Waals surface area contributed by atoms with Crippen LogP contribution in [0.2, 0.25) is 0 Å². The Morgan fingerprint density at radius 2 is 2.03 bits per heavy atom. The molecule has 1 aliphatic rings. The summed E-state index contributed by atoms with van der Waals surface area (Å²) in [7, 11) is 2.71. The van der Waals surface area contributed by atoms with E-state index in [9.17, 15) is 20.0 Å². The number of methoxy groups -OCH3 is 2. The Balaban J connectivity index is 1.89. The zero-order valence-electron chi connectivity index (χ0n) is 17.4. The SMILES string of the molecule is COc1cc(CC2(C(=O)O)NCCc3c2[nH]c2ccc(C)cc32)cc([N+](=O)[O-])c1OC. The van der Waals surface area contributed by atoms with Crippen molar-refractivity contribution >= 4 is 22.6 Å². The van der Waals surface area contributed by atoms with E-state index in [4.69, 9.17) is 9.47 Å². The van der Waals surface area contributed by atoms with Crippen molar-refractivity contribution in [3.8, 4) is 11.5 Å². The Bertz CT molecular complexity index is 1200. The first kappa shape index (κ1) is 20.7. The Morgan fingerprint density at radius 3 is 2.68 bits per heavy atom. The van der Waals surface area contributed by atoms with E-state index in [2.05, 4.69) is 10.3 Å². The van der Waals surface area contributed by atoms with Crippen LogP contribution in [0.4, 0.5) is 5.69 Å². The first-order valence-corrected chi connectivity index (χ1v) is 9.80. The van der Waals surface area contributed by atoms with Gasteiger partial charge in [0, 0.05) is 29.9 Å². The molecule has 0 fully saturated rings. The van der Waals surface area contributed by atoms with Gasteiger partial charge in [0.05, 0.1) is 24.8 Å². The minimum atomic E-state index is -1.46. The predicted octanol–water partition coefficient (Wildman–Crippen LogP) is 3.07. The lowest BCUT2D eigenvalue weighted by Crippen LogP contribution is -2.54. The molecule has 0 radical (unpaired) electrons. The van der Waals surface area contributed by atoms with Crippen LogP contribution in [0.25, 0.3) is 10.9 Å². The van der Waals surface area contributed by atoms with E-state index in [1.807, 2.05) is 25.1 Å².